The van der Waals surface area contributed by atoms with Crippen molar-refractivity contribution in [2.75, 3.05) is 12.3 Å². The molecular weight excluding hydrogens is 288 g/mol. The van der Waals surface area contributed by atoms with E-state index in [0.717, 1.165) is 29.7 Å². The van der Waals surface area contributed by atoms with Crippen molar-refractivity contribution in [2.45, 2.75) is 13.0 Å². The first kappa shape index (κ1) is 13.1. The van der Waals surface area contributed by atoms with Crippen molar-refractivity contribution in [3.63, 3.8) is 0 Å². The molecule has 0 heterocycles. The monoisotopic (exact) mass is 304 g/mol. The largest absolute Gasteiger partial charge is 0.399 e. The van der Waals surface area contributed by atoms with E-state index in [2.05, 4.69) is 51.6 Å². The van der Waals surface area contributed by atoms with Crippen molar-refractivity contribution in [1.82, 2.24) is 5.32 Å². The van der Waals surface area contributed by atoms with Crippen LogP contribution in [0.3, 0.4) is 0 Å². The molecule has 0 aromatic heterocycles. The number of rotatable bonds is 5. The number of hydrogen-bond acceptors (Lipinski definition) is 2. The molecule has 94 valence electrons. The predicted molar refractivity (Wildman–Crippen MR) is 80.4 cm³/mol. The van der Waals surface area contributed by atoms with Gasteiger partial charge in [0.25, 0.3) is 0 Å². The summed E-state index contributed by atoms with van der Waals surface area (Å²) in [4.78, 5) is 0. The molecule has 0 saturated carbocycles. The van der Waals surface area contributed by atoms with Crippen LogP contribution in [0.1, 0.15) is 11.1 Å². The number of nitrogen functional groups attached to an aromatic ring is 1. The first-order valence-corrected chi connectivity index (χ1v) is 6.83. The predicted octanol–water partition coefficient (Wildman–Crippen LogP) is 3.36. The highest BCUT2D eigenvalue weighted by Crippen LogP contribution is 2.11. The summed E-state index contributed by atoms with van der Waals surface area (Å²) in [6.07, 6.45) is 1.04. The highest BCUT2D eigenvalue weighted by atomic mass is 79.9. The van der Waals surface area contributed by atoms with Gasteiger partial charge in [-0.1, -0.05) is 40.2 Å². The highest BCUT2D eigenvalue weighted by molar-refractivity contribution is 9.10. The second-order valence-electron chi connectivity index (χ2n) is 4.30. The molecular formula is C15H17BrN2. The minimum Gasteiger partial charge on any atom is -0.399 e. The third-order valence-corrected chi connectivity index (χ3v) is 3.28. The van der Waals surface area contributed by atoms with Gasteiger partial charge in [-0.25, -0.2) is 0 Å². The molecule has 2 nitrogen and oxygen atoms in total. The van der Waals surface area contributed by atoms with Crippen LogP contribution >= 0.6 is 15.9 Å². The van der Waals surface area contributed by atoms with Crippen molar-refractivity contribution in [3.8, 4) is 0 Å². The molecule has 2 aromatic carbocycles. The summed E-state index contributed by atoms with van der Waals surface area (Å²) in [6.45, 7) is 1.86. The normalized spacial score (nSPS) is 10.5. The van der Waals surface area contributed by atoms with Crippen molar-refractivity contribution >= 4 is 21.6 Å². The maximum atomic E-state index is 5.65. The SMILES string of the molecule is Nc1ccc(CNCCc2cccc(Br)c2)cc1. The maximum absolute atomic E-state index is 5.65. The standard InChI is InChI=1S/C15H17BrN2/c16-14-3-1-2-12(10-14)8-9-18-11-13-4-6-15(17)7-5-13/h1-7,10,18H,8-9,11,17H2. The molecule has 3 heteroatoms. The zero-order valence-corrected chi connectivity index (χ0v) is 11.8. The number of nitrogens with one attached hydrogen (secondary N) is 1. The Hall–Kier alpha value is -1.32. The Bertz CT molecular complexity index is 494. The number of anilines is 1. The van der Waals surface area contributed by atoms with Crippen LogP contribution in [0.15, 0.2) is 53.0 Å². The van der Waals surface area contributed by atoms with Gasteiger partial charge in [0.2, 0.25) is 0 Å². The highest BCUT2D eigenvalue weighted by Gasteiger charge is 1.95. The second-order valence-corrected chi connectivity index (χ2v) is 5.21. The van der Waals surface area contributed by atoms with E-state index in [0.29, 0.717) is 0 Å². The van der Waals surface area contributed by atoms with E-state index in [1.165, 1.54) is 11.1 Å². The molecule has 0 atom stereocenters. The summed E-state index contributed by atoms with van der Waals surface area (Å²) < 4.78 is 1.14. The molecule has 0 aliphatic carbocycles. The average Bonchev–Trinajstić information content (AvgIpc) is 2.37. The number of halogens is 1. The first-order valence-electron chi connectivity index (χ1n) is 6.03. The lowest BCUT2D eigenvalue weighted by Gasteiger charge is -2.06. The molecule has 0 radical (unpaired) electrons. The lowest BCUT2D eigenvalue weighted by molar-refractivity contribution is 0.687. The lowest BCUT2D eigenvalue weighted by Crippen LogP contribution is -2.16. The molecule has 0 bridgehead atoms. The maximum Gasteiger partial charge on any atom is 0.0314 e. The van der Waals surface area contributed by atoms with Gasteiger partial charge in [0, 0.05) is 16.7 Å². The van der Waals surface area contributed by atoms with E-state index in [-0.39, 0.29) is 0 Å². The zero-order valence-electron chi connectivity index (χ0n) is 10.2. The van der Waals surface area contributed by atoms with E-state index in [4.69, 9.17) is 5.73 Å². The number of benzene rings is 2. The smallest absolute Gasteiger partial charge is 0.0314 e. The van der Waals surface area contributed by atoms with Crippen LogP contribution in [0.4, 0.5) is 5.69 Å². The Labute approximate surface area is 116 Å². The summed E-state index contributed by atoms with van der Waals surface area (Å²) in [5.41, 5.74) is 9.06. The molecule has 0 spiro atoms. The van der Waals surface area contributed by atoms with Crippen molar-refractivity contribution in [1.29, 1.82) is 0 Å². The van der Waals surface area contributed by atoms with Crippen LogP contribution in [0.5, 0.6) is 0 Å². The average molecular weight is 305 g/mol. The van der Waals surface area contributed by atoms with Crippen molar-refractivity contribution < 1.29 is 0 Å². The minimum atomic E-state index is 0.813. The van der Waals surface area contributed by atoms with Gasteiger partial charge in [-0.15, -0.1) is 0 Å². The molecule has 0 aliphatic heterocycles. The van der Waals surface area contributed by atoms with E-state index in [1.54, 1.807) is 0 Å². The van der Waals surface area contributed by atoms with Gasteiger partial charge in [0.05, 0.1) is 0 Å². The Morgan fingerprint density at radius 3 is 2.50 bits per heavy atom. The molecule has 2 aromatic rings. The summed E-state index contributed by atoms with van der Waals surface area (Å²) in [6, 6.07) is 16.4. The molecule has 0 amide bonds. The van der Waals surface area contributed by atoms with Crippen molar-refractivity contribution in [2.24, 2.45) is 0 Å². The van der Waals surface area contributed by atoms with Crippen LogP contribution < -0.4 is 11.1 Å². The van der Waals surface area contributed by atoms with E-state index in [9.17, 15) is 0 Å². The van der Waals surface area contributed by atoms with Crippen LogP contribution in [0.2, 0.25) is 0 Å². The van der Waals surface area contributed by atoms with Gasteiger partial charge < -0.3 is 11.1 Å². The van der Waals surface area contributed by atoms with Gasteiger partial charge in [0.1, 0.15) is 0 Å². The third-order valence-electron chi connectivity index (χ3n) is 2.79. The molecule has 18 heavy (non-hydrogen) atoms. The third kappa shape index (κ3) is 4.17. The Kier molecular flexibility index (Phi) is 4.79. The van der Waals surface area contributed by atoms with E-state index in [1.807, 2.05) is 18.2 Å². The Morgan fingerprint density at radius 1 is 1.00 bits per heavy atom. The van der Waals surface area contributed by atoms with E-state index >= 15 is 0 Å². The van der Waals surface area contributed by atoms with E-state index < -0.39 is 0 Å². The fraction of sp³-hybridized carbons (Fsp3) is 0.200. The summed E-state index contributed by atoms with van der Waals surface area (Å²) in [5.74, 6) is 0. The first-order chi connectivity index (χ1) is 8.74. The van der Waals surface area contributed by atoms with Crippen LogP contribution in [-0.4, -0.2) is 6.54 Å². The number of nitrogens with two attached hydrogens (primary N) is 1. The fourth-order valence-corrected chi connectivity index (χ4v) is 2.24. The lowest BCUT2D eigenvalue weighted by atomic mass is 10.1. The molecule has 3 N–H and O–H groups in total. The van der Waals surface area contributed by atoms with Gasteiger partial charge in [-0.05, 0) is 48.4 Å². The molecule has 0 unspecified atom stereocenters. The van der Waals surface area contributed by atoms with Crippen LogP contribution in [-0.2, 0) is 13.0 Å². The van der Waals surface area contributed by atoms with Gasteiger partial charge in [0.15, 0.2) is 0 Å². The second kappa shape index (κ2) is 6.57. The minimum absolute atomic E-state index is 0.813. The zero-order chi connectivity index (χ0) is 12.8. The molecule has 0 aliphatic rings. The molecule has 0 saturated heterocycles. The molecule has 0 fully saturated rings. The fourth-order valence-electron chi connectivity index (χ4n) is 1.79. The number of hydrogen-bond donors (Lipinski definition) is 2. The summed E-state index contributed by atoms with van der Waals surface area (Å²) in [5, 5.41) is 3.43. The topological polar surface area (TPSA) is 38.0 Å². The van der Waals surface area contributed by atoms with Gasteiger partial charge in [-0.3, -0.25) is 0 Å². The van der Waals surface area contributed by atoms with Gasteiger partial charge in [-0.2, -0.15) is 0 Å². The summed E-state index contributed by atoms with van der Waals surface area (Å²) in [7, 11) is 0. The van der Waals surface area contributed by atoms with Crippen molar-refractivity contribution in [3.05, 3.63) is 64.1 Å². The molecule has 2 rings (SSSR count). The van der Waals surface area contributed by atoms with Crippen LogP contribution in [0.25, 0.3) is 0 Å². The summed E-state index contributed by atoms with van der Waals surface area (Å²) >= 11 is 3.48. The van der Waals surface area contributed by atoms with Gasteiger partial charge >= 0.3 is 0 Å². The quantitative estimate of drug-likeness (QED) is 0.656. The Morgan fingerprint density at radius 2 is 1.78 bits per heavy atom. The Balaban J connectivity index is 1.74. The van der Waals surface area contributed by atoms with Crippen LogP contribution in [0, 0.1) is 0 Å².